The van der Waals surface area contributed by atoms with E-state index in [9.17, 15) is 4.79 Å². The van der Waals surface area contributed by atoms with Gasteiger partial charge in [0.2, 0.25) is 0 Å². The Morgan fingerprint density at radius 2 is 2.27 bits per heavy atom. The fraction of sp³-hybridized carbons (Fsp3) is 0.588. The number of amides is 2. The number of hydrogen-bond acceptors (Lipinski definition) is 3. The van der Waals surface area contributed by atoms with E-state index in [0.717, 1.165) is 29.9 Å². The van der Waals surface area contributed by atoms with E-state index in [4.69, 9.17) is 9.47 Å². The summed E-state index contributed by atoms with van der Waals surface area (Å²) >= 11 is 0. The van der Waals surface area contributed by atoms with Gasteiger partial charge in [0.1, 0.15) is 5.75 Å². The number of nitrogens with zero attached hydrogens (tertiary/aromatic N) is 1. The summed E-state index contributed by atoms with van der Waals surface area (Å²) in [6.45, 7) is 9.22. The van der Waals surface area contributed by atoms with Crippen LogP contribution in [0, 0.1) is 6.92 Å². The number of aryl methyl sites for hydroxylation is 1. The van der Waals surface area contributed by atoms with Crippen molar-refractivity contribution in [2.45, 2.75) is 39.8 Å². The molecule has 0 aromatic heterocycles. The summed E-state index contributed by atoms with van der Waals surface area (Å²) in [5.41, 5.74) is 2.16. The van der Waals surface area contributed by atoms with Crippen LogP contribution in [0.5, 0.6) is 5.75 Å². The second-order valence-electron chi connectivity index (χ2n) is 5.64. The lowest BCUT2D eigenvalue weighted by Crippen LogP contribution is -2.45. The van der Waals surface area contributed by atoms with Gasteiger partial charge in [-0.15, -0.1) is 0 Å². The van der Waals surface area contributed by atoms with E-state index in [1.54, 1.807) is 0 Å². The van der Waals surface area contributed by atoms with Crippen molar-refractivity contribution in [3.8, 4) is 5.75 Å². The third-order valence-electron chi connectivity index (χ3n) is 3.93. The van der Waals surface area contributed by atoms with Crippen LogP contribution in [0.3, 0.4) is 0 Å². The van der Waals surface area contributed by atoms with E-state index >= 15 is 0 Å². The Bertz CT molecular complexity index is 505. The highest BCUT2D eigenvalue weighted by molar-refractivity contribution is 5.74. The summed E-state index contributed by atoms with van der Waals surface area (Å²) in [6.07, 6.45) is 0.885. The minimum Gasteiger partial charge on any atom is -0.494 e. The fourth-order valence-corrected chi connectivity index (χ4v) is 2.61. The molecule has 122 valence electrons. The van der Waals surface area contributed by atoms with Gasteiger partial charge in [-0.1, -0.05) is 12.1 Å². The van der Waals surface area contributed by atoms with Crippen molar-refractivity contribution in [1.82, 2.24) is 10.2 Å². The highest BCUT2D eigenvalue weighted by Crippen LogP contribution is 2.19. The Morgan fingerprint density at radius 1 is 1.45 bits per heavy atom. The van der Waals surface area contributed by atoms with Crippen LogP contribution >= 0.6 is 0 Å². The van der Waals surface area contributed by atoms with Crippen molar-refractivity contribution in [2.24, 2.45) is 0 Å². The predicted molar refractivity (Wildman–Crippen MR) is 86.2 cm³/mol. The van der Waals surface area contributed by atoms with Gasteiger partial charge < -0.3 is 19.7 Å². The van der Waals surface area contributed by atoms with E-state index in [0.29, 0.717) is 26.3 Å². The van der Waals surface area contributed by atoms with Gasteiger partial charge in [0, 0.05) is 25.7 Å². The molecule has 1 saturated heterocycles. The summed E-state index contributed by atoms with van der Waals surface area (Å²) in [4.78, 5) is 14.2. The van der Waals surface area contributed by atoms with Crippen LogP contribution in [0.1, 0.15) is 31.4 Å². The highest BCUT2D eigenvalue weighted by atomic mass is 16.5. The number of benzene rings is 1. The van der Waals surface area contributed by atoms with Gasteiger partial charge in [0.05, 0.1) is 13.2 Å². The van der Waals surface area contributed by atoms with Crippen molar-refractivity contribution in [3.05, 3.63) is 29.3 Å². The average Bonchev–Trinajstić information content (AvgIpc) is 2.72. The zero-order valence-electron chi connectivity index (χ0n) is 13.7. The van der Waals surface area contributed by atoms with Crippen LogP contribution in [0.2, 0.25) is 0 Å². The molecule has 1 aromatic rings. The van der Waals surface area contributed by atoms with Gasteiger partial charge in [-0.05, 0) is 44.4 Å². The van der Waals surface area contributed by atoms with E-state index in [2.05, 4.69) is 18.3 Å². The number of rotatable bonds is 4. The first-order valence-corrected chi connectivity index (χ1v) is 7.96. The van der Waals surface area contributed by atoms with Crippen molar-refractivity contribution in [2.75, 3.05) is 26.4 Å². The van der Waals surface area contributed by atoms with Crippen LogP contribution in [0.4, 0.5) is 4.79 Å². The first-order valence-electron chi connectivity index (χ1n) is 7.96. The summed E-state index contributed by atoms with van der Waals surface area (Å²) in [6, 6.07) is 6.20. The highest BCUT2D eigenvalue weighted by Gasteiger charge is 2.21. The Kier molecular flexibility index (Phi) is 6.07. The number of urea groups is 1. The van der Waals surface area contributed by atoms with Crippen molar-refractivity contribution in [3.63, 3.8) is 0 Å². The largest absolute Gasteiger partial charge is 0.494 e. The van der Waals surface area contributed by atoms with Gasteiger partial charge in [-0.25, -0.2) is 4.79 Å². The summed E-state index contributed by atoms with van der Waals surface area (Å²) in [5, 5.41) is 3.00. The second kappa shape index (κ2) is 8.03. The standard InChI is InChI=1S/C17H26N2O3/c1-4-22-16-6-5-15(11-13(16)2)12-18-17(20)19-8-10-21-9-7-14(19)3/h5-6,11,14H,4,7-10,12H2,1-3H3,(H,18,20)/t14-/m0/s1. The first kappa shape index (κ1) is 16.6. The molecular weight excluding hydrogens is 280 g/mol. The molecule has 0 radical (unpaired) electrons. The number of nitrogens with one attached hydrogen (secondary N) is 1. The molecule has 22 heavy (non-hydrogen) atoms. The first-order chi connectivity index (χ1) is 10.6. The molecule has 1 atom stereocenters. The zero-order valence-corrected chi connectivity index (χ0v) is 13.7. The molecule has 0 unspecified atom stereocenters. The van der Waals surface area contributed by atoms with E-state index < -0.39 is 0 Å². The molecule has 1 aromatic carbocycles. The molecule has 0 saturated carbocycles. The summed E-state index contributed by atoms with van der Waals surface area (Å²) < 4.78 is 11.0. The van der Waals surface area contributed by atoms with Crippen LogP contribution in [-0.2, 0) is 11.3 Å². The molecule has 1 aliphatic rings. The van der Waals surface area contributed by atoms with Crippen LogP contribution < -0.4 is 10.1 Å². The van der Waals surface area contributed by atoms with Gasteiger partial charge in [-0.3, -0.25) is 0 Å². The lowest BCUT2D eigenvalue weighted by Gasteiger charge is -2.26. The van der Waals surface area contributed by atoms with E-state index in [-0.39, 0.29) is 12.1 Å². The van der Waals surface area contributed by atoms with Gasteiger partial charge in [0.25, 0.3) is 0 Å². The minimum absolute atomic E-state index is 0.0236. The fourth-order valence-electron chi connectivity index (χ4n) is 2.61. The second-order valence-corrected chi connectivity index (χ2v) is 5.64. The molecule has 1 heterocycles. The maximum atomic E-state index is 12.3. The normalized spacial score (nSPS) is 18.7. The van der Waals surface area contributed by atoms with Gasteiger partial charge >= 0.3 is 6.03 Å². The Hall–Kier alpha value is -1.75. The van der Waals surface area contributed by atoms with E-state index in [1.165, 1.54) is 0 Å². The van der Waals surface area contributed by atoms with Crippen molar-refractivity contribution in [1.29, 1.82) is 0 Å². The maximum Gasteiger partial charge on any atom is 0.317 e. The Morgan fingerprint density at radius 3 is 3.00 bits per heavy atom. The van der Waals surface area contributed by atoms with Crippen molar-refractivity contribution < 1.29 is 14.3 Å². The molecule has 2 amide bonds. The third-order valence-corrected chi connectivity index (χ3v) is 3.93. The number of carbonyl (C=O) groups excluding carboxylic acids is 1. The number of hydrogen-bond donors (Lipinski definition) is 1. The maximum absolute atomic E-state index is 12.3. The van der Waals surface area contributed by atoms with Crippen LogP contribution in [0.15, 0.2) is 18.2 Å². The summed E-state index contributed by atoms with van der Waals surface area (Å²) in [7, 11) is 0. The monoisotopic (exact) mass is 306 g/mol. The molecule has 1 N–H and O–H groups in total. The van der Waals surface area contributed by atoms with Crippen LogP contribution in [-0.4, -0.2) is 43.3 Å². The molecular formula is C17H26N2O3. The Balaban J connectivity index is 1.91. The molecule has 0 aliphatic carbocycles. The van der Waals surface area contributed by atoms with Crippen molar-refractivity contribution >= 4 is 6.03 Å². The van der Waals surface area contributed by atoms with Gasteiger partial charge in [0.15, 0.2) is 0 Å². The Labute approximate surface area is 132 Å². The molecule has 1 fully saturated rings. The quantitative estimate of drug-likeness (QED) is 0.930. The third kappa shape index (κ3) is 4.37. The van der Waals surface area contributed by atoms with E-state index in [1.807, 2.05) is 30.9 Å². The lowest BCUT2D eigenvalue weighted by molar-refractivity contribution is 0.142. The smallest absolute Gasteiger partial charge is 0.317 e. The van der Waals surface area contributed by atoms with Crippen LogP contribution in [0.25, 0.3) is 0 Å². The SMILES string of the molecule is CCOc1ccc(CNC(=O)N2CCOCC[C@@H]2C)cc1C. The molecule has 5 heteroatoms. The predicted octanol–water partition coefficient (Wildman–Crippen LogP) is 2.71. The molecule has 2 rings (SSSR count). The average molecular weight is 306 g/mol. The number of carbonyl (C=O) groups is 1. The molecule has 0 bridgehead atoms. The molecule has 1 aliphatic heterocycles. The lowest BCUT2D eigenvalue weighted by atomic mass is 10.1. The zero-order chi connectivity index (χ0) is 15.9. The van der Waals surface area contributed by atoms with Gasteiger partial charge in [-0.2, -0.15) is 0 Å². The number of ether oxygens (including phenoxy) is 2. The minimum atomic E-state index is -0.0236. The molecule has 5 nitrogen and oxygen atoms in total. The topological polar surface area (TPSA) is 50.8 Å². The molecule has 0 spiro atoms. The summed E-state index contributed by atoms with van der Waals surface area (Å²) in [5.74, 6) is 0.899.